The normalized spacial score (nSPS) is 11.6. The molecule has 4 heteroatoms. The Morgan fingerprint density at radius 1 is 1.41 bits per heavy atom. The topological polar surface area (TPSA) is 66.4 Å². The van der Waals surface area contributed by atoms with E-state index in [2.05, 4.69) is 11.9 Å². The van der Waals surface area contributed by atoms with E-state index in [9.17, 15) is 9.59 Å². The highest BCUT2D eigenvalue weighted by molar-refractivity contribution is 5.94. The molecule has 0 heterocycles. The van der Waals surface area contributed by atoms with Crippen molar-refractivity contribution in [3.05, 3.63) is 48.2 Å². The van der Waals surface area contributed by atoms with Crippen LogP contribution >= 0.6 is 0 Å². The van der Waals surface area contributed by atoms with Gasteiger partial charge in [-0.1, -0.05) is 30.8 Å². The molecule has 1 unspecified atom stereocenters. The van der Waals surface area contributed by atoms with Crippen molar-refractivity contribution in [2.45, 2.75) is 19.4 Å². The smallest absolute Gasteiger partial charge is 0.326 e. The van der Waals surface area contributed by atoms with E-state index in [4.69, 9.17) is 5.11 Å². The van der Waals surface area contributed by atoms with Crippen molar-refractivity contribution in [3.63, 3.8) is 0 Å². The quantitative estimate of drug-likeness (QED) is 0.733. The number of benzene rings is 1. The van der Waals surface area contributed by atoms with Crippen molar-refractivity contribution in [1.29, 1.82) is 0 Å². The van der Waals surface area contributed by atoms with E-state index in [-0.39, 0.29) is 5.78 Å². The Kier molecular flexibility index (Phi) is 4.46. The van der Waals surface area contributed by atoms with Gasteiger partial charge >= 0.3 is 5.97 Å². The van der Waals surface area contributed by atoms with Crippen molar-refractivity contribution in [1.82, 2.24) is 5.32 Å². The Morgan fingerprint density at radius 3 is 2.41 bits per heavy atom. The molecular weight excluding hydrogens is 218 g/mol. The fraction of sp³-hybridized carbons (Fsp3) is 0.231. The Labute approximate surface area is 100.0 Å². The highest BCUT2D eigenvalue weighted by Gasteiger charge is 2.15. The first-order valence-corrected chi connectivity index (χ1v) is 5.24. The van der Waals surface area contributed by atoms with Crippen molar-refractivity contribution in [2.75, 3.05) is 0 Å². The van der Waals surface area contributed by atoms with Gasteiger partial charge in [0.25, 0.3) is 0 Å². The molecule has 0 radical (unpaired) electrons. The van der Waals surface area contributed by atoms with Gasteiger partial charge in [-0.05, 0) is 18.7 Å². The van der Waals surface area contributed by atoms with E-state index >= 15 is 0 Å². The maximum Gasteiger partial charge on any atom is 0.326 e. The van der Waals surface area contributed by atoms with Crippen LogP contribution in [-0.4, -0.2) is 22.9 Å². The van der Waals surface area contributed by atoms with Crippen molar-refractivity contribution in [2.24, 2.45) is 0 Å². The minimum absolute atomic E-state index is 0.00412. The number of aliphatic carboxylic acids is 1. The van der Waals surface area contributed by atoms with Crippen LogP contribution in [0.15, 0.2) is 37.0 Å². The van der Waals surface area contributed by atoms with Crippen LogP contribution in [0.5, 0.6) is 0 Å². The van der Waals surface area contributed by atoms with Gasteiger partial charge in [-0.25, -0.2) is 4.79 Å². The average Bonchev–Trinajstić information content (AvgIpc) is 2.29. The third kappa shape index (κ3) is 3.75. The van der Waals surface area contributed by atoms with Gasteiger partial charge in [0.2, 0.25) is 0 Å². The number of Topliss-reactive ketones (excluding diaryl/α,β-unsaturated/α-hetero) is 1. The molecule has 0 bridgehead atoms. The molecule has 0 aliphatic carbocycles. The molecule has 1 aromatic rings. The van der Waals surface area contributed by atoms with Gasteiger partial charge in [0, 0.05) is 12.0 Å². The fourth-order valence-electron chi connectivity index (χ4n) is 1.47. The summed E-state index contributed by atoms with van der Waals surface area (Å²) in [5.74, 6) is -0.934. The standard InChI is InChI=1S/C13H15NO3/c1-3-14-12(13(16)17)8-10-4-6-11(7-5-10)9(2)15/h3-7,12,14H,1,8H2,2H3,(H,16,17). The molecule has 4 nitrogen and oxygen atoms in total. The third-order valence-corrected chi connectivity index (χ3v) is 2.42. The summed E-state index contributed by atoms with van der Waals surface area (Å²) in [5.41, 5.74) is 1.48. The maximum absolute atomic E-state index is 11.1. The summed E-state index contributed by atoms with van der Waals surface area (Å²) in [6.45, 7) is 4.94. The average molecular weight is 233 g/mol. The number of ketones is 1. The molecule has 2 N–H and O–H groups in total. The van der Waals surface area contributed by atoms with E-state index in [1.54, 1.807) is 24.3 Å². The lowest BCUT2D eigenvalue weighted by Gasteiger charge is -2.12. The Bertz CT molecular complexity index is 423. The predicted molar refractivity (Wildman–Crippen MR) is 64.9 cm³/mol. The molecule has 1 rings (SSSR count). The highest BCUT2D eigenvalue weighted by atomic mass is 16.4. The minimum atomic E-state index is -0.930. The zero-order valence-corrected chi connectivity index (χ0v) is 9.64. The summed E-state index contributed by atoms with van der Waals surface area (Å²) in [5, 5.41) is 11.6. The van der Waals surface area contributed by atoms with Crippen LogP contribution in [0, 0.1) is 0 Å². The number of carboxylic acid groups (broad SMARTS) is 1. The summed E-state index contributed by atoms with van der Waals surface area (Å²) >= 11 is 0. The number of carboxylic acids is 1. The second-order valence-corrected chi connectivity index (χ2v) is 3.72. The first-order chi connectivity index (χ1) is 8.04. The fourth-order valence-corrected chi connectivity index (χ4v) is 1.47. The van der Waals surface area contributed by atoms with Crippen LogP contribution in [0.2, 0.25) is 0 Å². The number of hydrogen-bond acceptors (Lipinski definition) is 3. The summed E-state index contributed by atoms with van der Waals surface area (Å²) in [6, 6.07) is 6.22. The van der Waals surface area contributed by atoms with E-state index in [1.807, 2.05) is 0 Å². The Hall–Kier alpha value is -2.10. The molecule has 0 aliphatic heterocycles. The van der Waals surface area contributed by atoms with Gasteiger partial charge in [0.05, 0.1) is 0 Å². The van der Waals surface area contributed by atoms with E-state index in [0.29, 0.717) is 12.0 Å². The molecule has 0 saturated heterocycles. The number of nitrogens with one attached hydrogen (secondary N) is 1. The zero-order chi connectivity index (χ0) is 12.8. The molecule has 0 spiro atoms. The lowest BCUT2D eigenvalue weighted by Crippen LogP contribution is -2.34. The molecule has 0 fully saturated rings. The molecule has 90 valence electrons. The Balaban J connectivity index is 2.76. The summed E-state index contributed by atoms with van der Waals surface area (Å²) in [7, 11) is 0. The van der Waals surface area contributed by atoms with Crippen molar-refractivity contribution < 1.29 is 14.7 Å². The number of carbonyl (C=O) groups excluding carboxylic acids is 1. The van der Waals surface area contributed by atoms with Crippen LogP contribution in [0.4, 0.5) is 0 Å². The van der Waals surface area contributed by atoms with Crippen LogP contribution in [0.25, 0.3) is 0 Å². The second kappa shape index (κ2) is 5.84. The lowest BCUT2D eigenvalue weighted by atomic mass is 10.0. The van der Waals surface area contributed by atoms with Crippen LogP contribution < -0.4 is 5.32 Å². The molecule has 0 saturated carbocycles. The van der Waals surface area contributed by atoms with Crippen molar-refractivity contribution in [3.8, 4) is 0 Å². The second-order valence-electron chi connectivity index (χ2n) is 3.72. The van der Waals surface area contributed by atoms with E-state index < -0.39 is 12.0 Å². The summed E-state index contributed by atoms with van der Waals surface area (Å²) in [6.07, 6.45) is 1.71. The van der Waals surface area contributed by atoms with E-state index in [0.717, 1.165) is 5.56 Å². The van der Waals surface area contributed by atoms with Gasteiger partial charge < -0.3 is 10.4 Å². The zero-order valence-electron chi connectivity index (χ0n) is 9.64. The lowest BCUT2D eigenvalue weighted by molar-refractivity contribution is -0.139. The van der Waals surface area contributed by atoms with Gasteiger partial charge in [-0.3, -0.25) is 4.79 Å². The molecule has 17 heavy (non-hydrogen) atoms. The maximum atomic E-state index is 11.1. The van der Waals surface area contributed by atoms with Gasteiger partial charge in [-0.15, -0.1) is 0 Å². The molecule has 1 atom stereocenters. The van der Waals surface area contributed by atoms with Crippen LogP contribution in [0.3, 0.4) is 0 Å². The summed E-state index contributed by atoms with van der Waals surface area (Å²) < 4.78 is 0. The predicted octanol–water partition coefficient (Wildman–Crippen LogP) is 1.62. The number of hydrogen-bond donors (Lipinski definition) is 2. The van der Waals surface area contributed by atoms with E-state index in [1.165, 1.54) is 13.1 Å². The van der Waals surface area contributed by atoms with Crippen molar-refractivity contribution >= 4 is 11.8 Å². The largest absolute Gasteiger partial charge is 0.480 e. The van der Waals surface area contributed by atoms with Gasteiger partial charge in [-0.2, -0.15) is 0 Å². The highest BCUT2D eigenvalue weighted by Crippen LogP contribution is 2.08. The monoisotopic (exact) mass is 233 g/mol. The molecule has 0 amide bonds. The third-order valence-electron chi connectivity index (χ3n) is 2.42. The van der Waals surface area contributed by atoms with Gasteiger partial charge in [0.15, 0.2) is 5.78 Å². The molecule has 0 aliphatic rings. The molecular formula is C13H15NO3. The first kappa shape index (κ1) is 13.0. The molecule has 1 aromatic carbocycles. The van der Waals surface area contributed by atoms with Crippen LogP contribution in [0.1, 0.15) is 22.8 Å². The molecule has 0 aromatic heterocycles. The van der Waals surface area contributed by atoms with Gasteiger partial charge in [0.1, 0.15) is 6.04 Å². The number of rotatable bonds is 6. The number of carbonyl (C=O) groups is 2. The Morgan fingerprint density at radius 2 is 2.00 bits per heavy atom. The first-order valence-electron chi connectivity index (χ1n) is 5.24. The van der Waals surface area contributed by atoms with Crippen LogP contribution in [-0.2, 0) is 11.2 Å². The summed E-state index contributed by atoms with van der Waals surface area (Å²) in [4.78, 5) is 22.0. The SMILES string of the molecule is C=CNC(Cc1ccc(C(C)=O)cc1)C(=O)O. The minimum Gasteiger partial charge on any atom is -0.480 e.